The number of urea groups is 1. The minimum atomic E-state index is -0.650. The Morgan fingerprint density at radius 3 is 2.30 bits per heavy atom. The van der Waals surface area contributed by atoms with Crippen LogP contribution in [0.15, 0.2) is 30.3 Å². The molecule has 7 heteroatoms. The van der Waals surface area contributed by atoms with Crippen molar-refractivity contribution in [2.24, 2.45) is 0 Å². The van der Waals surface area contributed by atoms with Gasteiger partial charge in [-0.05, 0) is 6.92 Å². The predicted octanol–water partition coefficient (Wildman–Crippen LogP) is -0.824. The molecule has 0 bridgehead atoms. The molecule has 0 aliphatic rings. The topological polar surface area (TPSA) is 83.0 Å². The number of quaternary nitrogens is 1. The van der Waals surface area contributed by atoms with Gasteiger partial charge in [-0.3, -0.25) is 14.9 Å². The first kappa shape index (κ1) is 18.6. The molecule has 1 aromatic rings. The molecule has 0 spiro atoms. The highest BCUT2D eigenvalue weighted by atomic mass is 16.2. The highest BCUT2D eigenvalue weighted by Crippen LogP contribution is 2.09. The molecule has 1 rings (SSSR count). The van der Waals surface area contributed by atoms with E-state index in [-0.39, 0.29) is 12.5 Å². The minimum absolute atomic E-state index is 0.0887. The molecule has 0 aromatic heterocycles. The van der Waals surface area contributed by atoms with E-state index in [1.165, 1.54) is 4.90 Å². The lowest BCUT2D eigenvalue weighted by molar-refractivity contribution is -0.894. The van der Waals surface area contributed by atoms with E-state index in [2.05, 4.69) is 10.6 Å². The number of carbonyl (C=O) groups excluding carboxylic acids is 3. The van der Waals surface area contributed by atoms with Crippen LogP contribution in [0, 0.1) is 0 Å². The van der Waals surface area contributed by atoms with Gasteiger partial charge in [0, 0.05) is 26.2 Å². The summed E-state index contributed by atoms with van der Waals surface area (Å²) in [6.45, 7) is 2.35. The molecule has 0 aliphatic carbocycles. The zero-order valence-electron chi connectivity index (χ0n) is 14.1. The second-order valence-electron chi connectivity index (χ2n) is 5.50. The zero-order chi connectivity index (χ0) is 17.4. The molecule has 0 heterocycles. The summed E-state index contributed by atoms with van der Waals surface area (Å²) in [5.41, 5.74) is 0.748. The van der Waals surface area contributed by atoms with Crippen molar-refractivity contribution in [2.45, 2.75) is 13.0 Å². The van der Waals surface area contributed by atoms with E-state index in [0.717, 1.165) is 5.56 Å². The summed E-state index contributed by atoms with van der Waals surface area (Å²) in [4.78, 5) is 38.2. The van der Waals surface area contributed by atoms with Gasteiger partial charge in [0.15, 0.2) is 12.6 Å². The molecule has 0 radical (unpaired) electrons. The van der Waals surface area contributed by atoms with Crippen LogP contribution in [-0.2, 0) is 9.59 Å². The van der Waals surface area contributed by atoms with Gasteiger partial charge in [0.25, 0.3) is 11.8 Å². The quantitative estimate of drug-likeness (QED) is 0.640. The first-order valence-corrected chi connectivity index (χ1v) is 7.52. The van der Waals surface area contributed by atoms with E-state index >= 15 is 0 Å². The van der Waals surface area contributed by atoms with Gasteiger partial charge in [0.1, 0.15) is 0 Å². The Labute approximate surface area is 136 Å². The average Bonchev–Trinajstić information content (AvgIpc) is 2.48. The SMILES string of the molecule is CCNC(=O)NC(=O)[C@@H](c1ccccc1)[NH+](C)CC(=O)N(C)C. The van der Waals surface area contributed by atoms with Crippen molar-refractivity contribution in [3.63, 3.8) is 0 Å². The molecular weight excluding hydrogens is 296 g/mol. The summed E-state index contributed by atoms with van der Waals surface area (Å²) in [5, 5.41) is 4.85. The highest BCUT2D eigenvalue weighted by Gasteiger charge is 2.31. The molecule has 2 atom stereocenters. The standard InChI is InChI=1S/C16H24N4O3/c1-5-17-16(23)18-15(22)14(12-9-7-6-8-10-12)20(4)11-13(21)19(2)3/h6-10,14H,5,11H2,1-4H3,(H2,17,18,22,23)/p+1/t14-/m1/s1. The maximum atomic E-state index is 12.5. The van der Waals surface area contributed by atoms with Gasteiger partial charge in [-0.2, -0.15) is 0 Å². The molecule has 1 unspecified atom stereocenters. The van der Waals surface area contributed by atoms with Crippen molar-refractivity contribution in [3.05, 3.63) is 35.9 Å². The predicted molar refractivity (Wildman–Crippen MR) is 86.8 cm³/mol. The van der Waals surface area contributed by atoms with Crippen LogP contribution in [0.25, 0.3) is 0 Å². The van der Waals surface area contributed by atoms with Crippen molar-refractivity contribution in [1.29, 1.82) is 0 Å². The van der Waals surface area contributed by atoms with Crippen molar-refractivity contribution in [1.82, 2.24) is 15.5 Å². The van der Waals surface area contributed by atoms with Gasteiger partial charge in [-0.1, -0.05) is 30.3 Å². The summed E-state index contributed by atoms with van der Waals surface area (Å²) >= 11 is 0. The molecule has 126 valence electrons. The van der Waals surface area contributed by atoms with E-state index in [9.17, 15) is 14.4 Å². The van der Waals surface area contributed by atoms with Crippen molar-refractivity contribution in [2.75, 3.05) is 34.2 Å². The number of amides is 4. The fourth-order valence-electron chi connectivity index (χ4n) is 2.19. The fourth-order valence-corrected chi connectivity index (χ4v) is 2.19. The number of carbonyl (C=O) groups is 3. The first-order valence-electron chi connectivity index (χ1n) is 7.52. The molecule has 4 amide bonds. The van der Waals surface area contributed by atoms with Gasteiger partial charge >= 0.3 is 6.03 Å². The third-order valence-electron chi connectivity index (χ3n) is 3.39. The Kier molecular flexibility index (Phi) is 7.21. The van der Waals surface area contributed by atoms with Crippen LogP contribution in [0.5, 0.6) is 0 Å². The number of rotatable bonds is 6. The van der Waals surface area contributed by atoms with Crippen LogP contribution >= 0.6 is 0 Å². The van der Waals surface area contributed by atoms with E-state index in [1.54, 1.807) is 28.1 Å². The normalized spacial score (nSPS) is 12.9. The molecule has 0 saturated heterocycles. The third-order valence-corrected chi connectivity index (χ3v) is 3.39. The lowest BCUT2D eigenvalue weighted by Gasteiger charge is -2.25. The monoisotopic (exact) mass is 321 g/mol. The molecule has 0 fully saturated rings. The molecular formula is C16H25N4O3+. The van der Waals surface area contributed by atoms with E-state index in [4.69, 9.17) is 0 Å². The lowest BCUT2D eigenvalue weighted by Crippen LogP contribution is -3.11. The number of benzene rings is 1. The maximum Gasteiger partial charge on any atom is 0.321 e. The summed E-state index contributed by atoms with van der Waals surface area (Å²) in [7, 11) is 5.10. The van der Waals surface area contributed by atoms with Crippen molar-refractivity contribution >= 4 is 17.8 Å². The Morgan fingerprint density at radius 1 is 1.17 bits per heavy atom. The molecule has 1 aromatic carbocycles. The Morgan fingerprint density at radius 2 is 1.78 bits per heavy atom. The third kappa shape index (κ3) is 5.71. The molecule has 7 nitrogen and oxygen atoms in total. The van der Waals surface area contributed by atoms with Gasteiger partial charge in [-0.15, -0.1) is 0 Å². The van der Waals surface area contributed by atoms with Gasteiger partial charge in [-0.25, -0.2) is 4.79 Å². The number of hydrogen-bond acceptors (Lipinski definition) is 3. The molecule has 0 aliphatic heterocycles. The fraction of sp³-hybridized carbons (Fsp3) is 0.438. The van der Waals surface area contributed by atoms with Crippen LogP contribution in [0.3, 0.4) is 0 Å². The van der Waals surface area contributed by atoms with Crippen LogP contribution in [0.2, 0.25) is 0 Å². The summed E-state index contributed by atoms with van der Waals surface area (Å²) in [6.07, 6.45) is 0. The number of nitrogens with zero attached hydrogens (tertiary/aromatic N) is 1. The second kappa shape index (κ2) is 8.89. The number of imide groups is 1. The summed E-state index contributed by atoms with van der Waals surface area (Å²) < 4.78 is 0. The molecule has 23 heavy (non-hydrogen) atoms. The average molecular weight is 321 g/mol. The second-order valence-corrected chi connectivity index (χ2v) is 5.50. The number of hydrogen-bond donors (Lipinski definition) is 3. The van der Waals surface area contributed by atoms with Crippen LogP contribution in [0.4, 0.5) is 4.79 Å². The zero-order valence-corrected chi connectivity index (χ0v) is 14.1. The van der Waals surface area contributed by atoms with Crippen LogP contribution < -0.4 is 15.5 Å². The molecule has 3 N–H and O–H groups in total. The lowest BCUT2D eigenvalue weighted by atomic mass is 10.0. The Balaban J connectivity index is 2.96. The van der Waals surface area contributed by atoms with Gasteiger partial charge < -0.3 is 15.1 Å². The van der Waals surface area contributed by atoms with Crippen molar-refractivity contribution < 1.29 is 19.3 Å². The highest BCUT2D eigenvalue weighted by molar-refractivity contribution is 5.96. The van der Waals surface area contributed by atoms with Gasteiger partial charge in [0.2, 0.25) is 0 Å². The van der Waals surface area contributed by atoms with E-state index in [0.29, 0.717) is 11.4 Å². The van der Waals surface area contributed by atoms with Crippen LogP contribution in [-0.4, -0.2) is 57.0 Å². The summed E-state index contributed by atoms with van der Waals surface area (Å²) in [6, 6.07) is 7.93. The largest absolute Gasteiger partial charge is 0.344 e. The molecule has 0 saturated carbocycles. The summed E-state index contributed by atoms with van der Waals surface area (Å²) in [5.74, 6) is -0.527. The van der Waals surface area contributed by atoms with E-state index in [1.807, 2.05) is 30.3 Å². The van der Waals surface area contributed by atoms with E-state index < -0.39 is 18.0 Å². The van der Waals surface area contributed by atoms with Gasteiger partial charge in [0.05, 0.1) is 7.05 Å². The Hall–Kier alpha value is -2.41. The minimum Gasteiger partial charge on any atom is -0.344 e. The smallest absolute Gasteiger partial charge is 0.321 e. The van der Waals surface area contributed by atoms with Crippen LogP contribution in [0.1, 0.15) is 18.5 Å². The number of nitrogens with one attached hydrogen (secondary N) is 3. The number of likely N-dealkylation sites (N-methyl/N-ethyl adjacent to an activating group) is 2. The Bertz CT molecular complexity index is 546. The first-order chi connectivity index (χ1) is 10.9. The van der Waals surface area contributed by atoms with Crippen molar-refractivity contribution in [3.8, 4) is 0 Å². The maximum absolute atomic E-state index is 12.5.